The molecule has 10 aromatic rings. The fraction of sp³-hybridized carbons (Fsp3) is 0. The lowest BCUT2D eigenvalue weighted by Gasteiger charge is -2.19. The summed E-state index contributed by atoms with van der Waals surface area (Å²) in [5.41, 5.74) is 6.82. The number of benzene rings is 9. The molecule has 218 valence electrons. The SMILES string of the molecule is [2H]c1c([2H])c([2H])c(-c2cccc3ccc(-c4c5ccccc5c(-c5cccc6oc7c8ccccc8ccc7c56)c5ccccc45)cc23)c([2H])c1[2H]. The summed E-state index contributed by atoms with van der Waals surface area (Å²) in [6.45, 7) is 0. The summed E-state index contributed by atoms with van der Waals surface area (Å²) in [5, 5.41) is 10.5. The zero-order chi connectivity index (χ0) is 35.2. The van der Waals surface area contributed by atoms with Gasteiger partial charge in [-0.1, -0.05) is 152 Å². The van der Waals surface area contributed by atoms with Crippen LogP contribution in [0, 0.1) is 0 Å². The van der Waals surface area contributed by atoms with Crippen molar-refractivity contribution < 1.29 is 11.3 Å². The highest BCUT2D eigenvalue weighted by Crippen LogP contribution is 2.48. The average molecular weight is 602 g/mol. The molecule has 0 fully saturated rings. The van der Waals surface area contributed by atoms with E-state index in [2.05, 4.69) is 115 Å². The highest BCUT2D eigenvalue weighted by atomic mass is 16.3. The number of fused-ring (bicyclic) bond motifs is 8. The van der Waals surface area contributed by atoms with Gasteiger partial charge in [-0.2, -0.15) is 0 Å². The van der Waals surface area contributed by atoms with Gasteiger partial charge in [-0.15, -0.1) is 0 Å². The Labute approximate surface area is 279 Å². The van der Waals surface area contributed by atoms with E-state index in [0.717, 1.165) is 87.3 Å². The molecule has 0 saturated heterocycles. The van der Waals surface area contributed by atoms with Gasteiger partial charge in [0.2, 0.25) is 0 Å². The Morgan fingerprint density at radius 2 is 1.00 bits per heavy atom. The van der Waals surface area contributed by atoms with E-state index < -0.39 is 6.04 Å². The fourth-order valence-electron chi connectivity index (χ4n) is 7.52. The highest BCUT2D eigenvalue weighted by molar-refractivity contribution is 6.27. The van der Waals surface area contributed by atoms with E-state index in [1.54, 1.807) is 0 Å². The molecule has 0 N–H and O–H groups in total. The van der Waals surface area contributed by atoms with Crippen LogP contribution in [0.25, 0.3) is 98.4 Å². The normalized spacial score (nSPS) is 13.3. The van der Waals surface area contributed by atoms with Crippen molar-refractivity contribution in [3.8, 4) is 33.4 Å². The van der Waals surface area contributed by atoms with Gasteiger partial charge in [-0.05, 0) is 89.3 Å². The lowest BCUT2D eigenvalue weighted by atomic mass is 9.84. The van der Waals surface area contributed by atoms with E-state index in [9.17, 15) is 0 Å². The van der Waals surface area contributed by atoms with Crippen molar-refractivity contribution >= 4 is 65.0 Å². The summed E-state index contributed by atoms with van der Waals surface area (Å²) in [6.07, 6.45) is 0. The van der Waals surface area contributed by atoms with E-state index in [1.807, 2.05) is 24.3 Å². The lowest BCUT2D eigenvalue weighted by Crippen LogP contribution is -1.91. The van der Waals surface area contributed by atoms with Crippen molar-refractivity contribution in [2.75, 3.05) is 0 Å². The molecule has 0 bridgehead atoms. The maximum absolute atomic E-state index is 8.74. The van der Waals surface area contributed by atoms with E-state index >= 15 is 0 Å². The minimum Gasteiger partial charge on any atom is -0.455 e. The first-order valence-corrected chi connectivity index (χ1v) is 15.8. The van der Waals surface area contributed by atoms with Crippen LogP contribution in [0.4, 0.5) is 0 Å². The van der Waals surface area contributed by atoms with Gasteiger partial charge in [0, 0.05) is 16.2 Å². The molecule has 0 radical (unpaired) electrons. The van der Waals surface area contributed by atoms with Crippen molar-refractivity contribution in [1.82, 2.24) is 0 Å². The van der Waals surface area contributed by atoms with E-state index in [0.29, 0.717) is 5.56 Å². The van der Waals surface area contributed by atoms with Crippen LogP contribution in [0.2, 0.25) is 0 Å². The van der Waals surface area contributed by atoms with Crippen LogP contribution >= 0.6 is 0 Å². The number of furan rings is 1. The lowest BCUT2D eigenvalue weighted by molar-refractivity contribution is 0.673. The molecule has 0 amide bonds. The van der Waals surface area contributed by atoms with Crippen molar-refractivity contribution in [1.29, 1.82) is 0 Å². The molecule has 0 aliphatic heterocycles. The third kappa shape index (κ3) is 3.90. The predicted octanol–water partition coefficient (Wildman–Crippen LogP) is 13.2. The summed E-state index contributed by atoms with van der Waals surface area (Å²) in [4.78, 5) is 0. The Morgan fingerprint density at radius 1 is 0.404 bits per heavy atom. The molecule has 0 unspecified atom stereocenters. The van der Waals surface area contributed by atoms with Gasteiger partial charge in [-0.25, -0.2) is 0 Å². The fourth-order valence-corrected chi connectivity index (χ4v) is 7.52. The van der Waals surface area contributed by atoms with Crippen LogP contribution in [-0.2, 0) is 0 Å². The van der Waals surface area contributed by atoms with Gasteiger partial charge in [0.25, 0.3) is 0 Å². The quantitative estimate of drug-likeness (QED) is 0.184. The van der Waals surface area contributed by atoms with Crippen LogP contribution in [0.1, 0.15) is 6.85 Å². The van der Waals surface area contributed by atoms with Crippen molar-refractivity contribution in [3.05, 3.63) is 170 Å². The van der Waals surface area contributed by atoms with Crippen molar-refractivity contribution in [2.45, 2.75) is 0 Å². The molecule has 9 aromatic carbocycles. The van der Waals surface area contributed by atoms with E-state index in [-0.39, 0.29) is 29.7 Å². The van der Waals surface area contributed by atoms with Gasteiger partial charge in [0.1, 0.15) is 11.2 Å². The molecule has 1 heteroatoms. The summed E-state index contributed by atoms with van der Waals surface area (Å²) >= 11 is 0. The van der Waals surface area contributed by atoms with E-state index in [4.69, 9.17) is 11.3 Å². The molecule has 1 aromatic heterocycles. The largest absolute Gasteiger partial charge is 0.455 e. The minimum absolute atomic E-state index is 0.201. The van der Waals surface area contributed by atoms with Crippen molar-refractivity contribution in [3.63, 3.8) is 0 Å². The maximum Gasteiger partial charge on any atom is 0.143 e. The summed E-state index contributed by atoms with van der Waals surface area (Å²) in [5.74, 6) is 0. The second-order valence-corrected chi connectivity index (χ2v) is 12.0. The number of hydrogen-bond acceptors (Lipinski definition) is 1. The molecule has 0 aliphatic rings. The Hall–Kier alpha value is -6.18. The Balaban J connectivity index is 1.28. The predicted molar refractivity (Wildman–Crippen MR) is 200 cm³/mol. The van der Waals surface area contributed by atoms with Crippen molar-refractivity contribution in [2.24, 2.45) is 0 Å². The molecule has 47 heavy (non-hydrogen) atoms. The second-order valence-electron chi connectivity index (χ2n) is 12.0. The number of hydrogen-bond donors (Lipinski definition) is 0. The minimum atomic E-state index is -0.398. The maximum atomic E-state index is 8.74. The molecule has 0 aliphatic carbocycles. The summed E-state index contributed by atoms with van der Waals surface area (Å²) in [7, 11) is 0. The first-order chi connectivity index (χ1) is 25.4. The number of rotatable bonds is 3. The zero-order valence-corrected chi connectivity index (χ0v) is 25.2. The molecule has 0 spiro atoms. The first-order valence-electron chi connectivity index (χ1n) is 18.3. The van der Waals surface area contributed by atoms with Gasteiger partial charge >= 0.3 is 0 Å². The van der Waals surface area contributed by atoms with Gasteiger partial charge in [-0.3, -0.25) is 0 Å². The molecular weight excluding hydrogens is 569 g/mol. The van der Waals surface area contributed by atoms with Crippen LogP contribution in [0.15, 0.2) is 174 Å². The summed E-state index contributed by atoms with van der Waals surface area (Å²) in [6, 6.07) is 46.5. The van der Waals surface area contributed by atoms with E-state index in [1.165, 1.54) is 0 Å². The molecule has 0 saturated carbocycles. The zero-order valence-electron chi connectivity index (χ0n) is 30.2. The highest BCUT2D eigenvalue weighted by Gasteiger charge is 2.21. The molecule has 10 rings (SSSR count). The average Bonchev–Trinajstić information content (AvgIpc) is 3.58. The van der Waals surface area contributed by atoms with Crippen LogP contribution in [0.5, 0.6) is 0 Å². The van der Waals surface area contributed by atoms with Gasteiger partial charge in [0.05, 0.1) is 6.85 Å². The first kappa shape index (κ1) is 21.5. The van der Waals surface area contributed by atoms with Gasteiger partial charge < -0.3 is 4.42 Å². The smallest absolute Gasteiger partial charge is 0.143 e. The monoisotopic (exact) mass is 601 g/mol. The molecule has 1 heterocycles. The molecule has 0 atom stereocenters. The second kappa shape index (κ2) is 10.2. The van der Waals surface area contributed by atoms with Gasteiger partial charge in [0.15, 0.2) is 0 Å². The molecule has 1 nitrogen and oxygen atoms in total. The van der Waals surface area contributed by atoms with Crippen LogP contribution in [-0.4, -0.2) is 0 Å². The summed E-state index contributed by atoms with van der Waals surface area (Å²) < 4.78 is 48.9. The molecular formula is C46H28O. The third-order valence-corrected chi connectivity index (χ3v) is 9.53. The topological polar surface area (TPSA) is 13.1 Å². The Morgan fingerprint density at radius 3 is 1.77 bits per heavy atom. The standard InChI is InChI=1S/C46H28O/c1-2-12-29(13-3-1)33-21-10-15-31-24-25-32(28-41(31)33)43-35-17-6-8-19-37(35)44(38-20-9-7-18-36(38)43)39-22-11-23-42-45(39)40-27-26-30-14-4-5-16-34(30)46(40)47-42/h1-28H/i1D,2D,3D,12D,13D. The Bertz CT molecular complexity index is 3050. The Kier molecular flexibility index (Phi) is 4.66. The van der Waals surface area contributed by atoms with Crippen LogP contribution < -0.4 is 0 Å². The van der Waals surface area contributed by atoms with Crippen LogP contribution in [0.3, 0.4) is 0 Å². The third-order valence-electron chi connectivity index (χ3n) is 9.53.